The summed E-state index contributed by atoms with van der Waals surface area (Å²) in [6, 6.07) is 12.6. The van der Waals surface area contributed by atoms with Gasteiger partial charge in [0.15, 0.2) is 0 Å². The summed E-state index contributed by atoms with van der Waals surface area (Å²) in [6.45, 7) is 0. The van der Waals surface area contributed by atoms with Crippen molar-refractivity contribution >= 4 is 27.6 Å². The largest absolute Gasteiger partial charge is 0.489 e. The van der Waals surface area contributed by atoms with Crippen molar-refractivity contribution < 1.29 is 31.1 Å². The molecule has 0 saturated carbocycles. The van der Waals surface area contributed by atoms with E-state index >= 15 is 0 Å². The van der Waals surface area contributed by atoms with Gasteiger partial charge in [0, 0.05) is 10.8 Å². The van der Waals surface area contributed by atoms with Gasteiger partial charge in [-0.05, 0) is 24.3 Å². The molecule has 0 spiro atoms. The third-order valence-corrected chi connectivity index (χ3v) is 4.39. The summed E-state index contributed by atoms with van der Waals surface area (Å²) in [6.07, 6.45) is -9.97. The minimum atomic E-state index is -4.98. The highest BCUT2D eigenvalue weighted by Gasteiger charge is 2.40. The number of carbonyl (C=O) groups excluding carboxylic acids is 1. The minimum absolute atomic E-state index is 0.0952. The Hall–Kier alpha value is -3.23. The zero-order valence-corrected chi connectivity index (χ0v) is 13.8. The number of carbonyl (C=O) groups is 1. The van der Waals surface area contributed by atoms with Gasteiger partial charge >= 0.3 is 12.6 Å². The number of rotatable bonds is 2. The highest BCUT2D eigenvalue weighted by Crippen LogP contribution is 2.36. The molecule has 0 N–H and O–H groups in total. The highest BCUT2D eigenvalue weighted by atomic mass is 19.4. The smallest absolute Gasteiger partial charge is 0.285 e. The molecule has 0 aliphatic rings. The van der Waals surface area contributed by atoms with Gasteiger partial charge in [-0.15, -0.1) is 26.3 Å². The topological polar surface area (TPSA) is 26.9 Å². The second kappa shape index (κ2) is 5.88. The summed E-state index contributed by atoms with van der Waals surface area (Å²) >= 11 is 0. The van der Waals surface area contributed by atoms with Crippen LogP contribution in [0.25, 0.3) is 21.8 Å². The zero-order valence-electron chi connectivity index (χ0n) is 13.8. The third kappa shape index (κ3) is 2.74. The number of ketones is 1. The van der Waals surface area contributed by atoms with Crippen LogP contribution >= 0.6 is 0 Å². The van der Waals surface area contributed by atoms with E-state index in [-0.39, 0.29) is 30.9 Å². The fourth-order valence-corrected chi connectivity index (χ4v) is 3.32. The number of para-hydroxylation sites is 2. The Kier molecular flexibility index (Phi) is 3.81. The number of benzene rings is 2. The molecule has 0 aliphatic carbocycles. The van der Waals surface area contributed by atoms with E-state index in [1.54, 1.807) is 0 Å². The van der Waals surface area contributed by atoms with Crippen LogP contribution in [0.15, 0.2) is 60.7 Å². The number of alkyl halides is 6. The molecule has 2 heterocycles. The quantitative estimate of drug-likeness (QED) is 0.312. The fraction of sp³-hybridized carbons (Fsp3) is 0.105. The summed E-state index contributed by atoms with van der Waals surface area (Å²) in [7, 11) is 0. The Balaban J connectivity index is 2.02. The van der Waals surface area contributed by atoms with Gasteiger partial charge < -0.3 is 0 Å². The SMILES string of the molecule is O=C(c1cc2ccccc2n1C(F)(F)F)c1cc2ccccc2n1C(F)(F)F. The molecule has 0 radical (unpaired) electrons. The Bertz CT molecular complexity index is 1120. The van der Waals surface area contributed by atoms with E-state index in [1.165, 1.54) is 36.4 Å². The van der Waals surface area contributed by atoms with E-state index in [9.17, 15) is 31.1 Å². The van der Waals surface area contributed by atoms with E-state index in [0.29, 0.717) is 0 Å². The molecule has 0 atom stereocenters. The average molecular weight is 396 g/mol. The lowest BCUT2D eigenvalue weighted by Gasteiger charge is -2.16. The van der Waals surface area contributed by atoms with Crippen LogP contribution in [0.4, 0.5) is 26.3 Å². The Labute approximate surface area is 153 Å². The summed E-state index contributed by atoms with van der Waals surface area (Å²) < 4.78 is 81.3. The van der Waals surface area contributed by atoms with Gasteiger partial charge in [-0.3, -0.25) is 4.79 Å². The molecule has 2 aromatic heterocycles. The first-order valence-electron chi connectivity index (χ1n) is 7.99. The molecule has 0 aliphatic heterocycles. The Morgan fingerprint density at radius 2 is 1.00 bits per heavy atom. The van der Waals surface area contributed by atoms with Crippen LogP contribution in [-0.2, 0) is 12.6 Å². The number of nitrogens with zero attached hydrogens (tertiary/aromatic N) is 2. The van der Waals surface area contributed by atoms with Gasteiger partial charge in [-0.25, -0.2) is 9.13 Å². The molecule has 144 valence electrons. The van der Waals surface area contributed by atoms with Gasteiger partial charge in [0.1, 0.15) is 0 Å². The van der Waals surface area contributed by atoms with Crippen LogP contribution in [0.5, 0.6) is 0 Å². The third-order valence-electron chi connectivity index (χ3n) is 4.39. The van der Waals surface area contributed by atoms with E-state index in [1.807, 2.05) is 0 Å². The summed E-state index contributed by atoms with van der Waals surface area (Å²) in [5, 5.41) is 0.190. The molecule has 3 nitrogen and oxygen atoms in total. The predicted molar refractivity (Wildman–Crippen MR) is 89.9 cm³/mol. The van der Waals surface area contributed by atoms with Crippen molar-refractivity contribution in [3.05, 3.63) is 72.1 Å². The van der Waals surface area contributed by atoms with E-state index in [2.05, 4.69) is 0 Å². The van der Waals surface area contributed by atoms with Gasteiger partial charge in [0.25, 0.3) is 0 Å². The molecule has 0 bridgehead atoms. The maximum Gasteiger partial charge on any atom is 0.489 e. The predicted octanol–water partition coefficient (Wildman–Crippen LogP) is 5.78. The summed E-state index contributed by atoms with van der Waals surface area (Å²) in [4.78, 5) is 12.9. The number of halogens is 6. The second-order valence-corrected chi connectivity index (χ2v) is 6.11. The summed E-state index contributed by atoms with van der Waals surface area (Å²) in [5.74, 6) is -1.37. The maximum absolute atomic E-state index is 13.6. The van der Waals surface area contributed by atoms with Crippen molar-refractivity contribution in [2.24, 2.45) is 0 Å². The first-order chi connectivity index (χ1) is 13.1. The number of hydrogen-bond acceptors (Lipinski definition) is 1. The van der Waals surface area contributed by atoms with Crippen LogP contribution in [-0.4, -0.2) is 14.9 Å². The van der Waals surface area contributed by atoms with Crippen LogP contribution < -0.4 is 0 Å². The standard InChI is InChI=1S/C19H10F6N2O/c20-18(21,22)26-13-7-3-1-5-11(13)9-15(26)17(28)16-10-12-6-2-4-8-14(12)27(16)19(23,24)25/h1-10H. The molecule has 0 saturated heterocycles. The van der Waals surface area contributed by atoms with E-state index < -0.39 is 29.8 Å². The van der Waals surface area contributed by atoms with Gasteiger partial charge in [0.2, 0.25) is 5.78 Å². The molecule has 28 heavy (non-hydrogen) atoms. The molecule has 4 aromatic rings. The minimum Gasteiger partial charge on any atom is -0.285 e. The van der Waals surface area contributed by atoms with Crippen LogP contribution in [0.2, 0.25) is 0 Å². The molecule has 2 aromatic carbocycles. The second-order valence-electron chi connectivity index (χ2n) is 6.11. The lowest BCUT2D eigenvalue weighted by Crippen LogP contribution is -2.26. The monoisotopic (exact) mass is 396 g/mol. The molecular weight excluding hydrogens is 386 g/mol. The molecule has 0 amide bonds. The first-order valence-corrected chi connectivity index (χ1v) is 7.99. The Morgan fingerprint density at radius 3 is 1.36 bits per heavy atom. The van der Waals surface area contributed by atoms with Crippen molar-refractivity contribution in [1.82, 2.24) is 9.13 Å². The fourth-order valence-electron chi connectivity index (χ4n) is 3.32. The van der Waals surface area contributed by atoms with Crippen LogP contribution in [0.1, 0.15) is 16.2 Å². The number of hydrogen-bond donors (Lipinski definition) is 0. The molecule has 0 unspecified atom stereocenters. The first kappa shape index (κ1) is 18.1. The normalized spacial score (nSPS) is 12.8. The van der Waals surface area contributed by atoms with Crippen molar-refractivity contribution in [1.29, 1.82) is 0 Å². The molecule has 0 fully saturated rings. The molecular formula is C19H10F6N2O. The Morgan fingerprint density at radius 1 is 0.643 bits per heavy atom. The van der Waals surface area contributed by atoms with Crippen molar-refractivity contribution in [2.45, 2.75) is 12.6 Å². The lowest BCUT2D eigenvalue weighted by atomic mass is 10.2. The highest BCUT2D eigenvalue weighted by molar-refractivity contribution is 6.12. The zero-order chi connectivity index (χ0) is 20.3. The average Bonchev–Trinajstić information content (AvgIpc) is 3.19. The lowest BCUT2D eigenvalue weighted by molar-refractivity contribution is -0.201. The van der Waals surface area contributed by atoms with Gasteiger partial charge in [-0.2, -0.15) is 0 Å². The van der Waals surface area contributed by atoms with Crippen LogP contribution in [0.3, 0.4) is 0 Å². The summed E-state index contributed by atoms with van der Waals surface area (Å²) in [5.41, 5.74) is -2.40. The number of fused-ring (bicyclic) bond motifs is 2. The van der Waals surface area contributed by atoms with Gasteiger partial charge in [-0.1, -0.05) is 36.4 Å². The van der Waals surface area contributed by atoms with E-state index in [4.69, 9.17) is 0 Å². The van der Waals surface area contributed by atoms with Crippen molar-refractivity contribution in [3.63, 3.8) is 0 Å². The van der Waals surface area contributed by atoms with Crippen LogP contribution in [0, 0.1) is 0 Å². The van der Waals surface area contributed by atoms with Crippen molar-refractivity contribution in [2.75, 3.05) is 0 Å². The maximum atomic E-state index is 13.6. The van der Waals surface area contributed by atoms with Crippen molar-refractivity contribution in [3.8, 4) is 0 Å². The van der Waals surface area contributed by atoms with Gasteiger partial charge in [0.05, 0.1) is 22.4 Å². The molecule has 9 heteroatoms. The number of aromatic nitrogens is 2. The van der Waals surface area contributed by atoms with E-state index in [0.717, 1.165) is 24.3 Å². The molecule has 4 rings (SSSR count).